The van der Waals surface area contributed by atoms with Crippen LogP contribution in [0.4, 0.5) is 5.69 Å². The quantitative estimate of drug-likeness (QED) is 0.461. The Morgan fingerprint density at radius 1 is 1.53 bits per heavy atom. The Bertz CT molecular complexity index is 379. The molecule has 1 atom stereocenters. The predicted molar refractivity (Wildman–Crippen MR) is 58.2 cm³/mol. The Hall–Kier alpha value is -1.86. The van der Waals surface area contributed by atoms with Crippen molar-refractivity contribution in [1.29, 1.82) is 0 Å². The number of hydrogen-bond acceptors (Lipinski definition) is 3. The molecule has 0 saturated carbocycles. The van der Waals surface area contributed by atoms with E-state index in [9.17, 15) is 10.1 Å². The number of hydrogen-bond donors (Lipinski definition) is 1. The van der Waals surface area contributed by atoms with E-state index in [1.54, 1.807) is 12.1 Å². The molecular formula is C11H12N2O2. The molecule has 1 aromatic carbocycles. The van der Waals surface area contributed by atoms with Crippen molar-refractivity contribution in [3.05, 3.63) is 39.9 Å². The molecule has 0 heterocycles. The van der Waals surface area contributed by atoms with E-state index in [0.717, 1.165) is 5.56 Å². The van der Waals surface area contributed by atoms with Crippen LogP contribution in [-0.4, -0.2) is 11.0 Å². The van der Waals surface area contributed by atoms with Crippen molar-refractivity contribution in [1.82, 2.24) is 5.32 Å². The van der Waals surface area contributed by atoms with Gasteiger partial charge in [-0.05, 0) is 12.5 Å². The lowest BCUT2D eigenvalue weighted by atomic mass is 10.2. The predicted octanol–water partition coefficient (Wildman–Crippen LogP) is 1.71. The van der Waals surface area contributed by atoms with Crippen molar-refractivity contribution in [3.8, 4) is 12.3 Å². The minimum atomic E-state index is -0.415. The fourth-order valence-electron chi connectivity index (χ4n) is 1.07. The molecule has 0 spiro atoms. The van der Waals surface area contributed by atoms with Crippen molar-refractivity contribution in [3.63, 3.8) is 0 Å². The van der Waals surface area contributed by atoms with Gasteiger partial charge in [0.25, 0.3) is 5.69 Å². The summed E-state index contributed by atoms with van der Waals surface area (Å²) in [6, 6.07) is 6.40. The molecule has 0 aliphatic rings. The molecule has 1 aromatic rings. The second kappa shape index (κ2) is 5.13. The van der Waals surface area contributed by atoms with E-state index in [1.807, 2.05) is 6.92 Å². The molecule has 4 heteroatoms. The Labute approximate surface area is 88.5 Å². The molecule has 1 unspecified atom stereocenters. The molecule has 15 heavy (non-hydrogen) atoms. The van der Waals surface area contributed by atoms with E-state index in [0.29, 0.717) is 6.54 Å². The first-order chi connectivity index (χ1) is 7.13. The molecule has 0 radical (unpaired) electrons. The molecule has 0 saturated heterocycles. The highest BCUT2D eigenvalue weighted by molar-refractivity contribution is 5.32. The van der Waals surface area contributed by atoms with E-state index in [1.165, 1.54) is 12.1 Å². The third-order valence-electron chi connectivity index (χ3n) is 2.01. The number of nitro groups is 1. The number of nitro benzene ring substituents is 1. The zero-order chi connectivity index (χ0) is 11.3. The highest BCUT2D eigenvalue weighted by Crippen LogP contribution is 2.11. The van der Waals surface area contributed by atoms with Crippen LogP contribution in [-0.2, 0) is 6.54 Å². The molecule has 0 fully saturated rings. The van der Waals surface area contributed by atoms with Crippen LogP contribution in [0.25, 0.3) is 0 Å². The molecule has 0 aliphatic carbocycles. The van der Waals surface area contributed by atoms with E-state index >= 15 is 0 Å². The van der Waals surface area contributed by atoms with Crippen LogP contribution in [0.5, 0.6) is 0 Å². The number of nitrogens with one attached hydrogen (secondary N) is 1. The maximum absolute atomic E-state index is 10.4. The molecule has 1 rings (SSSR count). The van der Waals surface area contributed by atoms with Gasteiger partial charge < -0.3 is 0 Å². The van der Waals surface area contributed by atoms with Crippen LogP contribution < -0.4 is 5.32 Å². The standard InChI is InChI=1S/C11H12N2O2/c1-3-9(2)12-8-10-4-6-11(7-5-10)13(14)15/h1,4-7,9,12H,8H2,2H3. The van der Waals surface area contributed by atoms with E-state index < -0.39 is 4.92 Å². The topological polar surface area (TPSA) is 55.2 Å². The van der Waals surface area contributed by atoms with Crippen molar-refractivity contribution in [2.45, 2.75) is 19.5 Å². The zero-order valence-corrected chi connectivity index (χ0v) is 8.43. The summed E-state index contributed by atoms with van der Waals surface area (Å²) in [5.41, 5.74) is 1.08. The van der Waals surface area contributed by atoms with Gasteiger partial charge in [0.05, 0.1) is 11.0 Å². The van der Waals surface area contributed by atoms with Crippen molar-refractivity contribution >= 4 is 5.69 Å². The zero-order valence-electron chi connectivity index (χ0n) is 8.43. The van der Waals surface area contributed by atoms with Gasteiger partial charge in [-0.15, -0.1) is 6.42 Å². The van der Waals surface area contributed by atoms with E-state index in [-0.39, 0.29) is 11.7 Å². The molecule has 78 valence electrons. The summed E-state index contributed by atoms with van der Waals surface area (Å²) in [4.78, 5) is 9.97. The average Bonchev–Trinajstić information content (AvgIpc) is 2.26. The fraction of sp³-hybridized carbons (Fsp3) is 0.273. The molecule has 0 aromatic heterocycles. The highest BCUT2D eigenvalue weighted by Gasteiger charge is 2.03. The van der Waals surface area contributed by atoms with Gasteiger partial charge in [-0.25, -0.2) is 0 Å². The SMILES string of the molecule is C#CC(C)NCc1ccc([N+](=O)[O-])cc1. The largest absolute Gasteiger partial charge is 0.300 e. The van der Waals surface area contributed by atoms with Gasteiger partial charge >= 0.3 is 0 Å². The summed E-state index contributed by atoms with van der Waals surface area (Å²) < 4.78 is 0. The van der Waals surface area contributed by atoms with Crippen LogP contribution in [0.1, 0.15) is 12.5 Å². The Balaban J connectivity index is 2.58. The summed E-state index contributed by atoms with van der Waals surface area (Å²) >= 11 is 0. The first-order valence-corrected chi connectivity index (χ1v) is 4.56. The van der Waals surface area contributed by atoms with Crippen LogP contribution in [0.15, 0.2) is 24.3 Å². The van der Waals surface area contributed by atoms with Gasteiger partial charge in [0.1, 0.15) is 0 Å². The van der Waals surface area contributed by atoms with E-state index in [4.69, 9.17) is 6.42 Å². The Morgan fingerprint density at radius 3 is 2.60 bits per heavy atom. The molecule has 0 amide bonds. The third kappa shape index (κ3) is 3.41. The number of terminal acetylenes is 1. The number of benzene rings is 1. The monoisotopic (exact) mass is 204 g/mol. The van der Waals surface area contributed by atoms with Crippen LogP contribution in [0.2, 0.25) is 0 Å². The number of nitrogens with zero attached hydrogens (tertiary/aromatic N) is 1. The molecule has 4 nitrogen and oxygen atoms in total. The average molecular weight is 204 g/mol. The van der Waals surface area contributed by atoms with Crippen LogP contribution in [0, 0.1) is 22.5 Å². The van der Waals surface area contributed by atoms with E-state index in [2.05, 4.69) is 11.2 Å². The highest BCUT2D eigenvalue weighted by atomic mass is 16.6. The molecule has 0 bridgehead atoms. The second-order valence-electron chi connectivity index (χ2n) is 3.19. The molecule has 1 N–H and O–H groups in total. The first kappa shape index (κ1) is 11.2. The van der Waals surface area contributed by atoms with Gasteiger partial charge in [0.2, 0.25) is 0 Å². The maximum Gasteiger partial charge on any atom is 0.269 e. The van der Waals surface area contributed by atoms with Crippen LogP contribution >= 0.6 is 0 Å². The summed E-state index contributed by atoms with van der Waals surface area (Å²) in [5.74, 6) is 2.55. The summed E-state index contributed by atoms with van der Waals surface area (Å²) in [7, 11) is 0. The maximum atomic E-state index is 10.4. The van der Waals surface area contributed by atoms with Crippen LogP contribution in [0.3, 0.4) is 0 Å². The lowest BCUT2D eigenvalue weighted by Gasteiger charge is -2.06. The minimum absolute atomic E-state index is 0.000178. The van der Waals surface area contributed by atoms with Gasteiger partial charge in [-0.1, -0.05) is 18.1 Å². The third-order valence-corrected chi connectivity index (χ3v) is 2.01. The minimum Gasteiger partial charge on any atom is -0.300 e. The summed E-state index contributed by atoms with van der Waals surface area (Å²) in [6.07, 6.45) is 5.20. The number of non-ortho nitro benzene ring substituents is 1. The van der Waals surface area contributed by atoms with Crippen molar-refractivity contribution < 1.29 is 4.92 Å². The molecule has 0 aliphatic heterocycles. The van der Waals surface area contributed by atoms with Crippen molar-refractivity contribution in [2.24, 2.45) is 0 Å². The summed E-state index contributed by atoms with van der Waals surface area (Å²) in [6.45, 7) is 2.49. The fourth-order valence-corrected chi connectivity index (χ4v) is 1.07. The smallest absolute Gasteiger partial charge is 0.269 e. The lowest BCUT2D eigenvalue weighted by Crippen LogP contribution is -2.23. The Kier molecular flexibility index (Phi) is 3.83. The second-order valence-corrected chi connectivity index (χ2v) is 3.19. The van der Waals surface area contributed by atoms with Gasteiger partial charge in [-0.3, -0.25) is 15.4 Å². The first-order valence-electron chi connectivity index (χ1n) is 4.56. The number of rotatable bonds is 4. The normalized spacial score (nSPS) is 11.7. The van der Waals surface area contributed by atoms with Gasteiger partial charge in [0, 0.05) is 18.7 Å². The van der Waals surface area contributed by atoms with Gasteiger partial charge in [-0.2, -0.15) is 0 Å². The van der Waals surface area contributed by atoms with Gasteiger partial charge in [0.15, 0.2) is 0 Å². The lowest BCUT2D eigenvalue weighted by molar-refractivity contribution is -0.384. The Morgan fingerprint density at radius 2 is 2.13 bits per heavy atom. The molecular weight excluding hydrogens is 192 g/mol. The van der Waals surface area contributed by atoms with Crippen molar-refractivity contribution in [2.75, 3.05) is 0 Å². The summed E-state index contributed by atoms with van der Waals surface area (Å²) in [5, 5.41) is 13.5.